The highest BCUT2D eigenvalue weighted by molar-refractivity contribution is 9.10. The summed E-state index contributed by atoms with van der Waals surface area (Å²) in [6.07, 6.45) is 17.1. The van der Waals surface area contributed by atoms with E-state index < -0.39 is 22.8 Å². The number of aromatic nitrogens is 7. The number of β-amino-alcohol motifs (C(OH)–C–C–N with tert-alkyl or cyclic N) is 1. The lowest BCUT2D eigenvalue weighted by atomic mass is 9.98. The summed E-state index contributed by atoms with van der Waals surface area (Å²) in [5.74, 6) is 2.62. The number of benzene rings is 8. The summed E-state index contributed by atoms with van der Waals surface area (Å²) in [6.45, 7) is 11.9. The highest BCUT2D eigenvalue weighted by Gasteiger charge is 2.37. The molecule has 8 aromatic carbocycles. The molecule has 7 fully saturated rings. The van der Waals surface area contributed by atoms with Crippen molar-refractivity contribution in [3.8, 4) is 85.0 Å². The average molecular weight is 2060 g/mol. The van der Waals surface area contributed by atoms with Crippen LogP contribution < -0.4 is 4.74 Å². The number of nitrogens with zero attached hydrogens (tertiary/aromatic N) is 15. The van der Waals surface area contributed by atoms with Gasteiger partial charge in [-0.15, -0.1) is 0 Å². The molecule has 7 aliphatic heterocycles. The summed E-state index contributed by atoms with van der Waals surface area (Å²) in [5, 5.41) is 46.3. The van der Waals surface area contributed by atoms with Gasteiger partial charge in [0, 0.05) is 153 Å². The lowest BCUT2D eigenvalue weighted by Crippen LogP contribution is -2.29. The van der Waals surface area contributed by atoms with Gasteiger partial charge >= 0.3 is 6.18 Å². The van der Waals surface area contributed by atoms with Gasteiger partial charge in [0.25, 0.3) is 47.0 Å². The van der Waals surface area contributed by atoms with E-state index >= 15 is 0 Å². The topological polar surface area (TPSA) is 397 Å². The summed E-state index contributed by atoms with van der Waals surface area (Å²) >= 11 is 3.39. The first kappa shape index (κ1) is 103. The van der Waals surface area contributed by atoms with Gasteiger partial charge in [0.1, 0.15) is 56.3 Å². The van der Waals surface area contributed by atoms with Crippen molar-refractivity contribution >= 4 is 63.0 Å². The summed E-state index contributed by atoms with van der Waals surface area (Å²) < 4.78 is 107. The number of likely N-dealkylation sites (tertiary alicyclic amines) is 7. The third kappa shape index (κ3) is 25.3. The average Bonchev–Trinajstić information content (AvgIpc) is 1.67. The molecular formula is C107H101BrF5N15O18. The van der Waals surface area contributed by atoms with Crippen molar-refractivity contribution in [2.24, 2.45) is 0 Å². The van der Waals surface area contributed by atoms with Crippen LogP contribution in [0.3, 0.4) is 0 Å². The highest BCUT2D eigenvalue weighted by Crippen LogP contribution is 2.39. The van der Waals surface area contributed by atoms with E-state index in [1.807, 2.05) is 125 Å². The van der Waals surface area contributed by atoms with Crippen molar-refractivity contribution in [1.82, 2.24) is 70.4 Å². The number of methoxy groups -OCH3 is 1. The molecular weight excluding hydrogens is 1960 g/mol. The number of halogens is 6. The number of nitro benzene ring substituents is 1. The van der Waals surface area contributed by atoms with E-state index in [9.17, 15) is 70.7 Å². The summed E-state index contributed by atoms with van der Waals surface area (Å²) in [4.78, 5) is 110. The second kappa shape index (κ2) is 48.3. The highest BCUT2D eigenvalue weighted by atomic mass is 79.9. The molecule has 2 unspecified atom stereocenters. The molecule has 0 saturated carbocycles. The number of rotatable bonds is 17. The molecule has 39 heteroatoms. The normalized spacial score (nSPS) is 15.7. The number of aliphatic hydroxyl groups is 1. The van der Waals surface area contributed by atoms with Gasteiger partial charge in [-0.1, -0.05) is 136 Å². The standard InChI is InChI=1S/C21H16F4N2O2.2C15H16N2O3.C14H13BrN2O2.C14H13FN2O2.C14H13N3O4.C14H14N2O2/c22-17-7-3-13(4-8-17)15-9-10-27(12-15)20(28)18-11-26-29-19(18)14-1-5-16(6-2-14)21(23,24)25;1-10-2-4-11(5-3-10)14-13(8-16-20-14)15(19)17-7-6-12(18)9-17;1-19-12-6-4-11(5-7-12)14-13(10-16-20-14)15(18)17-8-2-3-9-17;2*15-11-5-3-10(4-6-11)13-12(9-16-19-13)14(18)17-7-1-2-8-17;18-14(16-7-1-2-8-16)12-9-15-21-13(12)10-3-5-11(6-4-10)17(19)20;17-14(16-8-4-5-9-16)12-10-15-18-13(12)11-6-2-1-3-7-11/h1-8,11,15H,9-10,12H2;2-5,8,12,18H,6-7,9H2,1H3;4-7,10H,2-3,8-9H2,1H3;2*3-6,9H,1-2,7-8H2;3-6,9H,1-2,7-8H2;1-3,6-7,10H,4-5,8-9H2. The van der Waals surface area contributed by atoms with E-state index in [0.717, 1.165) is 192 Å². The Balaban J connectivity index is 0.000000123. The van der Waals surface area contributed by atoms with E-state index in [2.05, 4.69) is 52.0 Å². The van der Waals surface area contributed by atoms with Crippen LogP contribution in [0.2, 0.25) is 0 Å². The van der Waals surface area contributed by atoms with Crippen LogP contribution in [-0.4, -0.2) is 227 Å². The van der Waals surface area contributed by atoms with Gasteiger partial charge in [-0.3, -0.25) is 43.7 Å². The Morgan fingerprint density at radius 3 is 0.925 bits per heavy atom. The maximum Gasteiger partial charge on any atom is 0.416 e. The van der Waals surface area contributed by atoms with Gasteiger partial charge in [0.15, 0.2) is 40.3 Å². The van der Waals surface area contributed by atoms with Crippen LogP contribution in [0.1, 0.15) is 172 Å². The quantitative estimate of drug-likeness (QED) is 0.0502. The Labute approximate surface area is 842 Å². The Hall–Kier alpha value is -16.2. The van der Waals surface area contributed by atoms with E-state index in [0.29, 0.717) is 117 Å². The first-order chi connectivity index (χ1) is 70.8. The molecule has 7 aromatic heterocycles. The second-order valence-electron chi connectivity index (χ2n) is 35.3. The van der Waals surface area contributed by atoms with Crippen LogP contribution in [0.15, 0.2) is 280 Å². The summed E-state index contributed by atoms with van der Waals surface area (Å²) in [6, 6.07) is 54.7. The third-order valence-corrected chi connectivity index (χ3v) is 26.1. The minimum absolute atomic E-state index is 0.00503. The molecule has 0 aliphatic carbocycles. The van der Waals surface area contributed by atoms with Crippen molar-refractivity contribution < 1.29 is 102 Å². The lowest BCUT2D eigenvalue weighted by molar-refractivity contribution is -0.384. The monoisotopic (exact) mass is 2060 g/mol. The largest absolute Gasteiger partial charge is 0.497 e. The molecule has 33 nitrogen and oxygen atoms in total. The number of carbonyl (C=O) groups is 7. The van der Waals surface area contributed by atoms with Gasteiger partial charge < -0.3 is 75.8 Å². The molecule has 1 N–H and O–H groups in total. The van der Waals surface area contributed by atoms with E-state index in [-0.39, 0.29) is 75.9 Å². The van der Waals surface area contributed by atoms with Crippen LogP contribution in [0.4, 0.5) is 27.6 Å². The maximum atomic E-state index is 13.1. The predicted molar refractivity (Wildman–Crippen MR) is 526 cm³/mol. The van der Waals surface area contributed by atoms with Crippen LogP contribution in [0, 0.1) is 28.7 Å². The van der Waals surface area contributed by atoms with Crippen LogP contribution in [-0.2, 0) is 6.18 Å². The number of hydrogen-bond donors (Lipinski definition) is 1. The Morgan fingerprint density at radius 2 is 0.623 bits per heavy atom. The second-order valence-corrected chi connectivity index (χ2v) is 36.2. The fraction of sp³-hybridized carbons (Fsp3) is 0.290. The van der Waals surface area contributed by atoms with E-state index in [1.165, 1.54) is 91.9 Å². The smallest absolute Gasteiger partial charge is 0.416 e. The zero-order valence-corrected chi connectivity index (χ0v) is 81.1. The number of amides is 7. The maximum absolute atomic E-state index is 13.1. The number of alkyl halides is 3. The Kier molecular flexibility index (Phi) is 33.9. The fourth-order valence-electron chi connectivity index (χ4n) is 17.7. The zero-order chi connectivity index (χ0) is 102. The minimum atomic E-state index is -4.44. The summed E-state index contributed by atoms with van der Waals surface area (Å²) in [5.41, 5.74) is 9.41. The molecule has 0 spiro atoms. The van der Waals surface area contributed by atoms with Crippen molar-refractivity contribution in [1.29, 1.82) is 0 Å². The lowest BCUT2D eigenvalue weighted by Gasteiger charge is -2.16. The number of carbonyl (C=O) groups excluding carboxylic acids is 7. The third-order valence-electron chi connectivity index (χ3n) is 25.6. The molecule has 7 aliphatic rings. The Morgan fingerprint density at radius 1 is 0.356 bits per heavy atom. The molecule has 14 heterocycles. The van der Waals surface area contributed by atoms with Crippen LogP contribution in [0.5, 0.6) is 5.75 Å². The molecule has 146 heavy (non-hydrogen) atoms. The molecule has 754 valence electrons. The van der Waals surface area contributed by atoms with Crippen molar-refractivity contribution in [2.45, 2.75) is 102 Å². The summed E-state index contributed by atoms with van der Waals surface area (Å²) in [7, 11) is 1.62. The van der Waals surface area contributed by atoms with Gasteiger partial charge in [-0.25, -0.2) is 8.78 Å². The number of ether oxygens (including phenoxy) is 1. The minimum Gasteiger partial charge on any atom is -0.497 e. The SMILES string of the molecule is COc1ccc(-c2oncc2C(=O)N2CCCC2)cc1.Cc1ccc(-c2oncc2C(=O)N2CCC(O)C2)cc1.O=C(c1cnoc1-c1ccc(Br)cc1)N1CCCC1.O=C(c1cnoc1-c1ccc(C(F)(F)F)cc1)N1CCC(c2ccc(F)cc2)C1.O=C(c1cnoc1-c1ccc(F)cc1)N1CCCC1.O=C(c1cnoc1-c1ccc([N+](=O)[O-])cc1)N1CCCC1.O=C(c1cnoc1-c1ccccc1)N1CCCC1. The van der Waals surface area contributed by atoms with E-state index in [4.69, 9.17) is 36.4 Å². The van der Waals surface area contributed by atoms with Crippen LogP contribution in [0.25, 0.3) is 79.3 Å². The van der Waals surface area contributed by atoms with Gasteiger partial charge in [-0.05, 0) is 199 Å². The molecule has 22 rings (SSSR count). The molecule has 15 aromatic rings. The number of non-ortho nitro benzene ring substituents is 1. The molecule has 0 bridgehead atoms. The molecule has 2 atom stereocenters. The van der Waals surface area contributed by atoms with Gasteiger partial charge in [0.05, 0.1) is 67.1 Å². The van der Waals surface area contributed by atoms with Crippen molar-refractivity contribution in [3.05, 3.63) is 325 Å². The fourth-order valence-corrected chi connectivity index (χ4v) is 17.9. The number of aryl methyl sites for hydroxylation is 1. The molecule has 0 radical (unpaired) electrons. The zero-order valence-electron chi connectivity index (χ0n) is 79.5. The number of hydrogen-bond acceptors (Lipinski definition) is 25. The molecule has 7 saturated heterocycles. The van der Waals surface area contributed by atoms with Gasteiger partial charge in [-0.2, -0.15) is 13.2 Å². The van der Waals surface area contributed by atoms with E-state index in [1.54, 1.807) is 63.1 Å². The Bertz CT molecular complexity index is 6820. The van der Waals surface area contributed by atoms with Crippen molar-refractivity contribution in [3.63, 3.8) is 0 Å². The van der Waals surface area contributed by atoms with Gasteiger partial charge in [0.2, 0.25) is 0 Å². The first-order valence-electron chi connectivity index (χ1n) is 47.6. The molecule has 7 amide bonds. The van der Waals surface area contributed by atoms with Crippen molar-refractivity contribution in [2.75, 3.05) is 98.7 Å². The van der Waals surface area contributed by atoms with Crippen LogP contribution >= 0.6 is 15.9 Å². The number of nitro groups is 1. The first-order valence-corrected chi connectivity index (χ1v) is 48.4. The number of aliphatic hydroxyl groups excluding tert-OH is 1. The predicted octanol–water partition coefficient (Wildman–Crippen LogP) is 20.7.